The van der Waals surface area contributed by atoms with E-state index in [1.54, 1.807) is 12.1 Å². The maximum Gasteiger partial charge on any atom is 0.407 e. The van der Waals surface area contributed by atoms with Crippen molar-refractivity contribution in [2.24, 2.45) is 0 Å². The lowest BCUT2D eigenvalue weighted by atomic mass is 10.1. The fourth-order valence-corrected chi connectivity index (χ4v) is 2.49. The summed E-state index contributed by atoms with van der Waals surface area (Å²) in [5.41, 5.74) is 1.75. The molecule has 0 saturated heterocycles. The summed E-state index contributed by atoms with van der Waals surface area (Å²) in [6.45, 7) is 8.49. The van der Waals surface area contributed by atoms with Crippen LogP contribution in [0.5, 0.6) is 0 Å². The van der Waals surface area contributed by atoms with Gasteiger partial charge in [-0.25, -0.2) is 9.59 Å². The number of fused-ring (bicyclic) bond motifs is 1. The average Bonchev–Trinajstić information content (AvgIpc) is 2.85. The van der Waals surface area contributed by atoms with Crippen LogP contribution in [0.15, 0.2) is 18.2 Å². The standard InChI is InChI=1S/C18H25N3O4/c1-12-14-8-7-13(16(22)24-5)11-15(14)21(20-12)10-6-9-19-17(23)25-18(2,3)4/h7-8,11H,6,9-10H2,1-5H3,(H,19,23). The summed E-state index contributed by atoms with van der Waals surface area (Å²) in [7, 11) is 1.36. The molecule has 1 aromatic carbocycles. The van der Waals surface area contributed by atoms with Crippen LogP contribution in [0.25, 0.3) is 10.9 Å². The van der Waals surface area contributed by atoms with Crippen molar-refractivity contribution in [1.29, 1.82) is 0 Å². The number of hydrogen-bond acceptors (Lipinski definition) is 5. The summed E-state index contributed by atoms with van der Waals surface area (Å²) >= 11 is 0. The second kappa shape index (κ2) is 7.55. The van der Waals surface area contributed by atoms with Gasteiger partial charge in [-0.05, 0) is 46.2 Å². The first-order valence-electron chi connectivity index (χ1n) is 8.23. The zero-order valence-electron chi connectivity index (χ0n) is 15.4. The largest absolute Gasteiger partial charge is 0.465 e. The molecule has 0 aliphatic carbocycles. The van der Waals surface area contributed by atoms with Crippen molar-refractivity contribution in [2.75, 3.05) is 13.7 Å². The Morgan fingerprint density at radius 3 is 2.64 bits per heavy atom. The summed E-state index contributed by atoms with van der Waals surface area (Å²) < 4.78 is 11.8. The van der Waals surface area contributed by atoms with Gasteiger partial charge in [0.2, 0.25) is 0 Å². The molecule has 1 heterocycles. The van der Waals surface area contributed by atoms with E-state index < -0.39 is 11.7 Å². The van der Waals surface area contributed by atoms with Gasteiger partial charge in [-0.1, -0.05) is 6.07 Å². The van der Waals surface area contributed by atoms with Crippen molar-refractivity contribution in [3.8, 4) is 0 Å². The number of amides is 1. The molecule has 0 aliphatic heterocycles. The number of nitrogens with zero attached hydrogens (tertiary/aromatic N) is 2. The molecular formula is C18H25N3O4. The van der Waals surface area contributed by atoms with E-state index in [0.29, 0.717) is 25.1 Å². The zero-order valence-corrected chi connectivity index (χ0v) is 15.4. The van der Waals surface area contributed by atoms with E-state index in [-0.39, 0.29) is 5.97 Å². The van der Waals surface area contributed by atoms with Crippen molar-refractivity contribution < 1.29 is 19.1 Å². The van der Waals surface area contributed by atoms with E-state index in [1.807, 2.05) is 38.4 Å². The molecule has 0 spiro atoms. The molecule has 1 N–H and O–H groups in total. The highest BCUT2D eigenvalue weighted by atomic mass is 16.6. The number of methoxy groups -OCH3 is 1. The maximum absolute atomic E-state index is 11.7. The third-order valence-corrected chi connectivity index (χ3v) is 3.57. The number of benzene rings is 1. The highest BCUT2D eigenvalue weighted by molar-refractivity contribution is 5.95. The quantitative estimate of drug-likeness (QED) is 0.664. The van der Waals surface area contributed by atoms with Crippen molar-refractivity contribution in [3.05, 3.63) is 29.5 Å². The molecule has 136 valence electrons. The molecule has 0 aliphatic rings. The monoisotopic (exact) mass is 347 g/mol. The summed E-state index contributed by atoms with van der Waals surface area (Å²) in [6, 6.07) is 5.39. The molecular weight excluding hydrogens is 322 g/mol. The van der Waals surface area contributed by atoms with Crippen LogP contribution in [0.3, 0.4) is 0 Å². The Kier molecular flexibility index (Phi) is 5.66. The number of carbonyl (C=O) groups excluding carboxylic acids is 2. The van der Waals surface area contributed by atoms with E-state index in [2.05, 4.69) is 10.4 Å². The normalized spacial score (nSPS) is 11.4. The number of esters is 1. The number of rotatable bonds is 5. The number of aryl methyl sites for hydroxylation is 2. The summed E-state index contributed by atoms with van der Waals surface area (Å²) in [5, 5.41) is 8.23. The Balaban J connectivity index is 2.01. The number of ether oxygens (including phenoxy) is 2. The van der Waals surface area contributed by atoms with Crippen LogP contribution >= 0.6 is 0 Å². The molecule has 0 fully saturated rings. The second-order valence-corrected chi connectivity index (χ2v) is 6.81. The number of hydrogen-bond donors (Lipinski definition) is 1. The highest BCUT2D eigenvalue weighted by Crippen LogP contribution is 2.20. The maximum atomic E-state index is 11.7. The third kappa shape index (κ3) is 4.95. The topological polar surface area (TPSA) is 82.5 Å². The van der Waals surface area contributed by atoms with Crippen molar-refractivity contribution in [2.45, 2.75) is 46.3 Å². The minimum atomic E-state index is -0.510. The smallest absolute Gasteiger partial charge is 0.407 e. The summed E-state index contributed by atoms with van der Waals surface area (Å²) in [4.78, 5) is 23.3. The van der Waals surface area contributed by atoms with Crippen LogP contribution in [-0.2, 0) is 16.0 Å². The molecule has 0 radical (unpaired) electrons. The Morgan fingerprint density at radius 1 is 1.28 bits per heavy atom. The Bertz CT molecular complexity index is 774. The molecule has 2 aromatic rings. The lowest BCUT2D eigenvalue weighted by molar-refractivity contribution is 0.0525. The van der Waals surface area contributed by atoms with E-state index >= 15 is 0 Å². The van der Waals surface area contributed by atoms with Gasteiger partial charge < -0.3 is 14.8 Å². The highest BCUT2D eigenvalue weighted by Gasteiger charge is 2.16. The van der Waals surface area contributed by atoms with Gasteiger partial charge in [-0.2, -0.15) is 5.10 Å². The molecule has 2 rings (SSSR count). The molecule has 0 unspecified atom stereocenters. The van der Waals surface area contributed by atoms with Gasteiger partial charge in [0, 0.05) is 18.5 Å². The Morgan fingerprint density at radius 2 is 2.00 bits per heavy atom. The molecule has 7 heteroatoms. The average molecular weight is 347 g/mol. The van der Waals surface area contributed by atoms with E-state index in [1.165, 1.54) is 7.11 Å². The first-order valence-corrected chi connectivity index (χ1v) is 8.23. The number of nitrogens with one attached hydrogen (secondary N) is 1. The molecule has 1 amide bonds. The Labute approximate surface area is 147 Å². The Hall–Kier alpha value is -2.57. The van der Waals surface area contributed by atoms with Gasteiger partial charge in [0.25, 0.3) is 0 Å². The van der Waals surface area contributed by atoms with E-state index in [9.17, 15) is 9.59 Å². The van der Waals surface area contributed by atoms with Crippen molar-refractivity contribution in [3.63, 3.8) is 0 Å². The predicted molar refractivity (Wildman–Crippen MR) is 94.7 cm³/mol. The van der Waals surface area contributed by atoms with Gasteiger partial charge in [-0.3, -0.25) is 4.68 Å². The lowest BCUT2D eigenvalue weighted by Crippen LogP contribution is -2.33. The second-order valence-electron chi connectivity index (χ2n) is 6.81. The lowest BCUT2D eigenvalue weighted by Gasteiger charge is -2.19. The van der Waals surface area contributed by atoms with E-state index in [4.69, 9.17) is 9.47 Å². The van der Waals surface area contributed by atoms with Gasteiger partial charge in [0.15, 0.2) is 0 Å². The molecule has 0 bridgehead atoms. The first kappa shape index (κ1) is 18.8. The molecule has 0 atom stereocenters. The molecule has 0 saturated carbocycles. The summed E-state index contributed by atoms with van der Waals surface area (Å²) in [6.07, 6.45) is 0.264. The van der Waals surface area contributed by atoms with Crippen LogP contribution in [0.4, 0.5) is 4.79 Å². The number of aromatic nitrogens is 2. The van der Waals surface area contributed by atoms with Crippen molar-refractivity contribution in [1.82, 2.24) is 15.1 Å². The fourth-order valence-electron chi connectivity index (χ4n) is 2.49. The van der Waals surface area contributed by atoms with Crippen LogP contribution < -0.4 is 5.32 Å². The SMILES string of the molecule is COC(=O)c1ccc2c(C)nn(CCCNC(=O)OC(C)(C)C)c2c1. The minimum Gasteiger partial charge on any atom is -0.465 e. The number of carbonyl (C=O) groups is 2. The summed E-state index contributed by atoms with van der Waals surface area (Å²) in [5.74, 6) is -0.376. The van der Waals surface area contributed by atoms with Crippen LogP contribution in [-0.4, -0.2) is 41.1 Å². The van der Waals surface area contributed by atoms with Gasteiger partial charge in [-0.15, -0.1) is 0 Å². The van der Waals surface area contributed by atoms with Gasteiger partial charge in [0.1, 0.15) is 5.60 Å². The zero-order chi connectivity index (χ0) is 18.6. The van der Waals surface area contributed by atoms with Gasteiger partial charge >= 0.3 is 12.1 Å². The minimum absolute atomic E-state index is 0.376. The van der Waals surface area contributed by atoms with Crippen LogP contribution in [0.1, 0.15) is 43.2 Å². The molecule has 7 nitrogen and oxygen atoms in total. The van der Waals surface area contributed by atoms with Gasteiger partial charge in [0.05, 0.1) is 23.9 Å². The molecule has 1 aromatic heterocycles. The first-order chi connectivity index (χ1) is 11.7. The molecule has 25 heavy (non-hydrogen) atoms. The number of alkyl carbamates (subject to hydrolysis) is 1. The fraction of sp³-hybridized carbons (Fsp3) is 0.500. The predicted octanol–water partition coefficient (Wildman–Crippen LogP) is 3.05. The third-order valence-electron chi connectivity index (χ3n) is 3.57. The van der Waals surface area contributed by atoms with Crippen LogP contribution in [0, 0.1) is 6.92 Å². The van der Waals surface area contributed by atoms with Crippen molar-refractivity contribution >= 4 is 23.0 Å². The van der Waals surface area contributed by atoms with E-state index in [0.717, 1.165) is 16.6 Å². The van der Waals surface area contributed by atoms with Crippen LogP contribution in [0.2, 0.25) is 0 Å².